The number of para-hydroxylation sites is 1. The Morgan fingerprint density at radius 1 is 1.38 bits per heavy atom. The van der Waals surface area contributed by atoms with Gasteiger partial charge in [0.05, 0.1) is 5.69 Å². The predicted octanol–water partition coefficient (Wildman–Crippen LogP) is 3.97. The number of unbranched alkanes of at least 4 members (excludes halogenated alkanes) is 2. The maximum absolute atomic E-state index is 11.2. The van der Waals surface area contributed by atoms with Crippen LogP contribution in [-0.4, -0.2) is 17.7 Å². The molecule has 0 saturated carbocycles. The molecule has 0 spiro atoms. The van der Waals surface area contributed by atoms with E-state index in [0.29, 0.717) is 6.54 Å². The summed E-state index contributed by atoms with van der Waals surface area (Å²) in [5.74, 6) is 0. The highest BCUT2D eigenvalue weighted by atomic mass is 127. The van der Waals surface area contributed by atoms with Crippen LogP contribution in [0.15, 0.2) is 24.3 Å². The molecule has 1 rings (SSSR count). The highest BCUT2D eigenvalue weighted by Crippen LogP contribution is 2.22. The fraction of sp³-hybridized carbons (Fsp3) is 0.417. The normalized spacial score (nSPS) is 10.1. The highest BCUT2D eigenvalue weighted by Gasteiger charge is 2.15. The summed E-state index contributed by atoms with van der Waals surface area (Å²) in [6.07, 6.45) is 2.19. The van der Waals surface area contributed by atoms with Crippen LogP contribution in [0.4, 0.5) is 10.5 Å². The summed E-state index contributed by atoms with van der Waals surface area (Å²) in [7, 11) is 0. The summed E-state index contributed by atoms with van der Waals surface area (Å²) >= 11 is 2.16. The molecular formula is C12H16INO2. The van der Waals surface area contributed by atoms with E-state index in [9.17, 15) is 9.90 Å². The minimum atomic E-state index is -0.875. The molecule has 4 heteroatoms. The van der Waals surface area contributed by atoms with Gasteiger partial charge in [-0.05, 0) is 41.1 Å². The van der Waals surface area contributed by atoms with Gasteiger partial charge < -0.3 is 5.11 Å². The van der Waals surface area contributed by atoms with Gasteiger partial charge in [0, 0.05) is 10.1 Å². The largest absolute Gasteiger partial charge is 0.465 e. The molecule has 0 aliphatic carbocycles. The number of halogens is 1. The quantitative estimate of drug-likeness (QED) is 0.654. The molecule has 0 radical (unpaired) electrons. The fourth-order valence-corrected chi connectivity index (χ4v) is 2.19. The van der Waals surface area contributed by atoms with Gasteiger partial charge in [0.15, 0.2) is 0 Å². The van der Waals surface area contributed by atoms with Crippen molar-refractivity contribution in [3.63, 3.8) is 0 Å². The van der Waals surface area contributed by atoms with E-state index < -0.39 is 6.09 Å². The zero-order chi connectivity index (χ0) is 12.0. The van der Waals surface area contributed by atoms with Crippen molar-refractivity contribution in [2.24, 2.45) is 0 Å². The van der Waals surface area contributed by atoms with Crippen molar-refractivity contribution in [1.29, 1.82) is 0 Å². The van der Waals surface area contributed by atoms with Crippen LogP contribution >= 0.6 is 22.6 Å². The summed E-state index contributed by atoms with van der Waals surface area (Å²) in [4.78, 5) is 12.6. The topological polar surface area (TPSA) is 40.5 Å². The third-order valence-electron chi connectivity index (χ3n) is 2.36. The van der Waals surface area contributed by atoms with Crippen molar-refractivity contribution in [3.8, 4) is 0 Å². The van der Waals surface area contributed by atoms with E-state index in [4.69, 9.17) is 0 Å². The number of hydrogen-bond acceptors (Lipinski definition) is 1. The van der Waals surface area contributed by atoms with E-state index in [1.54, 1.807) is 0 Å². The molecule has 88 valence electrons. The van der Waals surface area contributed by atoms with E-state index in [0.717, 1.165) is 28.5 Å². The highest BCUT2D eigenvalue weighted by molar-refractivity contribution is 14.1. The second-order valence-electron chi connectivity index (χ2n) is 3.59. The summed E-state index contributed by atoms with van der Waals surface area (Å²) in [6, 6.07) is 7.55. The van der Waals surface area contributed by atoms with Crippen LogP contribution in [0.3, 0.4) is 0 Å². The zero-order valence-corrected chi connectivity index (χ0v) is 11.5. The first-order chi connectivity index (χ1) is 7.66. The van der Waals surface area contributed by atoms with E-state index in [-0.39, 0.29) is 0 Å². The molecule has 1 aromatic carbocycles. The van der Waals surface area contributed by atoms with Crippen molar-refractivity contribution in [1.82, 2.24) is 0 Å². The van der Waals surface area contributed by atoms with Crippen molar-refractivity contribution in [2.75, 3.05) is 11.4 Å². The summed E-state index contributed by atoms with van der Waals surface area (Å²) in [6.45, 7) is 2.68. The minimum Gasteiger partial charge on any atom is -0.465 e. The van der Waals surface area contributed by atoms with E-state index in [1.807, 2.05) is 24.3 Å². The van der Waals surface area contributed by atoms with E-state index >= 15 is 0 Å². The van der Waals surface area contributed by atoms with Crippen LogP contribution in [0.1, 0.15) is 26.2 Å². The second-order valence-corrected chi connectivity index (χ2v) is 4.75. The Morgan fingerprint density at radius 2 is 2.06 bits per heavy atom. The smallest absolute Gasteiger partial charge is 0.411 e. The molecule has 0 aliphatic rings. The maximum Gasteiger partial charge on any atom is 0.411 e. The van der Waals surface area contributed by atoms with Gasteiger partial charge in [-0.3, -0.25) is 4.90 Å². The van der Waals surface area contributed by atoms with Crippen LogP contribution in [-0.2, 0) is 0 Å². The average molecular weight is 333 g/mol. The van der Waals surface area contributed by atoms with Crippen LogP contribution in [0.25, 0.3) is 0 Å². The molecule has 1 aromatic rings. The molecule has 0 aliphatic heterocycles. The van der Waals surface area contributed by atoms with E-state index in [1.165, 1.54) is 4.90 Å². The lowest BCUT2D eigenvalue weighted by Gasteiger charge is -2.20. The number of anilines is 1. The number of amides is 1. The first kappa shape index (κ1) is 13.3. The summed E-state index contributed by atoms with van der Waals surface area (Å²) < 4.78 is 0.971. The predicted molar refractivity (Wildman–Crippen MR) is 74.1 cm³/mol. The van der Waals surface area contributed by atoms with Gasteiger partial charge in [0.25, 0.3) is 0 Å². The molecule has 0 fully saturated rings. The van der Waals surface area contributed by atoms with Crippen molar-refractivity contribution < 1.29 is 9.90 Å². The number of nitrogens with zero attached hydrogens (tertiary/aromatic N) is 1. The molecule has 3 nitrogen and oxygen atoms in total. The van der Waals surface area contributed by atoms with Crippen molar-refractivity contribution in [3.05, 3.63) is 27.8 Å². The van der Waals surface area contributed by atoms with Crippen molar-refractivity contribution in [2.45, 2.75) is 26.2 Å². The number of rotatable bonds is 5. The lowest BCUT2D eigenvalue weighted by Crippen LogP contribution is -2.30. The SMILES string of the molecule is CCCCCN(C(=O)O)c1ccccc1I. The Kier molecular flexibility index (Phi) is 5.59. The van der Waals surface area contributed by atoms with Gasteiger partial charge in [-0.25, -0.2) is 4.79 Å². The Morgan fingerprint density at radius 3 is 2.62 bits per heavy atom. The third kappa shape index (κ3) is 3.66. The lowest BCUT2D eigenvalue weighted by molar-refractivity contribution is 0.201. The van der Waals surface area contributed by atoms with Gasteiger partial charge in [-0.2, -0.15) is 0 Å². The summed E-state index contributed by atoms with van der Waals surface area (Å²) in [5, 5.41) is 9.17. The Labute approximate surface area is 110 Å². The molecule has 0 aromatic heterocycles. The maximum atomic E-state index is 11.2. The summed E-state index contributed by atoms with van der Waals surface area (Å²) in [5.41, 5.74) is 0.784. The molecule has 0 unspecified atom stereocenters. The number of carbonyl (C=O) groups is 1. The van der Waals surface area contributed by atoms with Crippen LogP contribution in [0, 0.1) is 3.57 Å². The third-order valence-corrected chi connectivity index (χ3v) is 3.27. The van der Waals surface area contributed by atoms with Gasteiger partial charge in [0.1, 0.15) is 0 Å². The molecule has 1 amide bonds. The lowest BCUT2D eigenvalue weighted by atomic mass is 10.2. The standard InChI is InChI=1S/C12H16INO2/c1-2-3-6-9-14(12(15)16)11-8-5-4-7-10(11)13/h4-5,7-8H,2-3,6,9H2,1H3,(H,15,16). The monoisotopic (exact) mass is 333 g/mol. The van der Waals surface area contributed by atoms with Crippen LogP contribution in [0.5, 0.6) is 0 Å². The molecule has 0 saturated heterocycles. The Balaban J connectivity index is 2.78. The number of hydrogen-bond donors (Lipinski definition) is 1. The first-order valence-corrected chi connectivity index (χ1v) is 6.49. The van der Waals surface area contributed by atoms with Crippen LogP contribution < -0.4 is 4.90 Å². The average Bonchev–Trinajstić information content (AvgIpc) is 2.25. The zero-order valence-electron chi connectivity index (χ0n) is 9.32. The van der Waals surface area contributed by atoms with Gasteiger partial charge in [-0.1, -0.05) is 31.9 Å². The van der Waals surface area contributed by atoms with Crippen LogP contribution in [0.2, 0.25) is 0 Å². The van der Waals surface area contributed by atoms with Gasteiger partial charge >= 0.3 is 6.09 Å². The molecule has 0 atom stereocenters. The van der Waals surface area contributed by atoms with Gasteiger partial charge in [0.2, 0.25) is 0 Å². The van der Waals surface area contributed by atoms with Gasteiger partial charge in [-0.15, -0.1) is 0 Å². The number of benzene rings is 1. The first-order valence-electron chi connectivity index (χ1n) is 5.41. The fourth-order valence-electron chi connectivity index (χ4n) is 1.51. The minimum absolute atomic E-state index is 0.573. The second kappa shape index (κ2) is 6.73. The Bertz CT molecular complexity index is 355. The molecule has 0 heterocycles. The molecule has 1 N–H and O–H groups in total. The molecule has 16 heavy (non-hydrogen) atoms. The Hall–Kier alpha value is -0.780. The number of carboxylic acid groups (broad SMARTS) is 1. The van der Waals surface area contributed by atoms with Crippen molar-refractivity contribution >= 4 is 34.4 Å². The van der Waals surface area contributed by atoms with E-state index in [2.05, 4.69) is 29.5 Å². The molecular weight excluding hydrogens is 317 g/mol. The molecule has 0 bridgehead atoms.